The van der Waals surface area contributed by atoms with E-state index in [0.717, 1.165) is 10.3 Å². The third-order valence-electron chi connectivity index (χ3n) is 2.05. The predicted molar refractivity (Wildman–Crippen MR) is 65.4 cm³/mol. The minimum atomic E-state index is 0.237. The molecule has 0 unspecified atom stereocenters. The van der Waals surface area contributed by atoms with Gasteiger partial charge in [-0.1, -0.05) is 13.8 Å². The predicted octanol–water partition coefficient (Wildman–Crippen LogP) is 2.13. The molecule has 0 fully saturated rings. The smallest absolute Gasteiger partial charge is 0.159 e. The van der Waals surface area contributed by atoms with Crippen LogP contribution in [0.2, 0.25) is 0 Å². The van der Waals surface area contributed by atoms with Crippen LogP contribution in [0, 0.1) is 0 Å². The van der Waals surface area contributed by atoms with Crippen LogP contribution in [-0.4, -0.2) is 19.7 Å². The van der Waals surface area contributed by atoms with Crippen LogP contribution in [-0.2, 0) is 0 Å². The highest BCUT2D eigenvalue weighted by atomic mass is 79.9. The first-order valence-electron chi connectivity index (χ1n) is 4.91. The van der Waals surface area contributed by atoms with E-state index >= 15 is 0 Å². The summed E-state index contributed by atoms with van der Waals surface area (Å²) in [6.45, 7) is 4.05. The van der Waals surface area contributed by atoms with Crippen molar-refractivity contribution in [3.8, 4) is 5.82 Å². The summed E-state index contributed by atoms with van der Waals surface area (Å²) in [5, 5.41) is 4.15. The quantitative estimate of drug-likeness (QED) is 0.916. The lowest BCUT2D eigenvalue weighted by Crippen LogP contribution is -2.07. The van der Waals surface area contributed by atoms with Gasteiger partial charge in [-0.2, -0.15) is 5.10 Å². The Balaban J connectivity index is 2.49. The molecule has 0 aromatic carbocycles. The first-order chi connectivity index (χ1) is 7.56. The third kappa shape index (κ3) is 2.21. The van der Waals surface area contributed by atoms with Crippen molar-refractivity contribution < 1.29 is 0 Å². The number of nitrogens with zero attached hydrogens (tertiary/aromatic N) is 4. The van der Waals surface area contributed by atoms with E-state index in [1.165, 1.54) is 0 Å². The van der Waals surface area contributed by atoms with Crippen molar-refractivity contribution in [2.75, 3.05) is 5.73 Å². The number of rotatable bonds is 2. The van der Waals surface area contributed by atoms with Crippen LogP contribution >= 0.6 is 15.9 Å². The maximum atomic E-state index is 5.74. The zero-order chi connectivity index (χ0) is 11.7. The second-order valence-electron chi connectivity index (χ2n) is 3.77. The fourth-order valence-corrected chi connectivity index (χ4v) is 1.56. The molecule has 2 rings (SSSR count). The van der Waals surface area contributed by atoms with Gasteiger partial charge >= 0.3 is 0 Å². The van der Waals surface area contributed by atoms with Gasteiger partial charge in [-0.15, -0.1) is 0 Å². The molecule has 0 bridgehead atoms. The van der Waals surface area contributed by atoms with E-state index in [4.69, 9.17) is 5.73 Å². The van der Waals surface area contributed by atoms with Crippen LogP contribution in [0.25, 0.3) is 5.82 Å². The maximum absolute atomic E-state index is 5.74. The highest BCUT2D eigenvalue weighted by Crippen LogP contribution is 2.16. The van der Waals surface area contributed by atoms with Crippen LogP contribution in [0.3, 0.4) is 0 Å². The van der Waals surface area contributed by atoms with Crippen LogP contribution in [0.5, 0.6) is 0 Å². The molecule has 0 aliphatic carbocycles. The van der Waals surface area contributed by atoms with E-state index in [1.807, 2.05) is 20.0 Å². The molecule has 0 radical (unpaired) electrons. The highest BCUT2D eigenvalue weighted by molar-refractivity contribution is 9.10. The summed E-state index contributed by atoms with van der Waals surface area (Å²) in [5.41, 5.74) is 5.74. The fourth-order valence-electron chi connectivity index (χ4n) is 1.27. The van der Waals surface area contributed by atoms with E-state index in [0.29, 0.717) is 11.6 Å². The lowest BCUT2D eigenvalue weighted by atomic mass is 10.2. The van der Waals surface area contributed by atoms with Gasteiger partial charge in [0.1, 0.15) is 11.6 Å². The Labute approximate surface area is 102 Å². The van der Waals surface area contributed by atoms with Gasteiger partial charge in [-0.25, -0.2) is 14.6 Å². The summed E-state index contributed by atoms with van der Waals surface area (Å²) < 4.78 is 2.56. The molecule has 2 N–H and O–H groups in total. The van der Waals surface area contributed by atoms with Gasteiger partial charge in [0.05, 0.1) is 10.7 Å². The van der Waals surface area contributed by atoms with Crippen LogP contribution < -0.4 is 5.73 Å². The number of hydrogen-bond donors (Lipinski definition) is 1. The van der Waals surface area contributed by atoms with Crippen LogP contribution in [0.15, 0.2) is 22.9 Å². The molecule has 0 aliphatic rings. The average molecular weight is 282 g/mol. The molecule has 2 aromatic heterocycles. The third-order valence-corrected chi connectivity index (χ3v) is 2.46. The molecular formula is C10H12BrN5. The average Bonchev–Trinajstić information content (AvgIpc) is 2.64. The Morgan fingerprint density at radius 2 is 2.12 bits per heavy atom. The molecule has 2 aromatic rings. The van der Waals surface area contributed by atoms with Crippen LogP contribution in [0.1, 0.15) is 25.6 Å². The van der Waals surface area contributed by atoms with Crippen molar-refractivity contribution in [1.29, 1.82) is 0 Å². The number of aromatic nitrogens is 4. The lowest BCUT2D eigenvalue weighted by Gasteiger charge is -2.07. The second kappa shape index (κ2) is 4.21. The Bertz CT molecular complexity index is 506. The molecule has 0 spiro atoms. The molecule has 16 heavy (non-hydrogen) atoms. The lowest BCUT2D eigenvalue weighted by molar-refractivity contribution is 0.748. The summed E-state index contributed by atoms with van der Waals surface area (Å²) in [4.78, 5) is 8.58. The fraction of sp³-hybridized carbons (Fsp3) is 0.300. The Kier molecular flexibility index (Phi) is 2.91. The van der Waals surface area contributed by atoms with Gasteiger partial charge in [0.25, 0.3) is 0 Å². The van der Waals surface area contributed by atoms with Crippen LogP contribution in [0.4, 0.5) is 5.82 Å². The molecule has 0 atom stereocenters. The molecule has 0 aliphatic heterocycles. The minimum absolute atomic E-state index is 0.237. The molecule has 5 nitrogen and oxygen atoms in total. The van der Waals surface area contributed by atoms with Crippen molar-refractivity contribution >= 4 is 21.7 Å². The van der Waals surface area contributed by atoms with E-state index in [-0.39, 0.29) is 5.92 Å². The van der Waals surface area contributed by atoms with E-state index in [9.17, 15) is 0 Å². The largest absolute Gasteiger partial charge is 0.384 e. The zero-order valence-electron chi connectivity index (χ0n) is 9.05. The summed E-state index contributed by atoms with van der Waals surface area (Å²) in [6, 6.07) is 1.70. The highest BCUT2D eigenvalue weighted by Gasteiger charge is 2.08. The summed E-state index contributed by atoms with van der Waals surface area (Å²) in [5.74, 6) is 2.10. The van der Waals surface area contributed by atoms with Gasteiger partial charge in [0.2, 0.25) is 0 Å². The monoisotopic (exact) mass is 281 g/mol. The first kappa shape index (κ1) is 11.1. The van der Waals surface area contributed by atoms with E-state index in [1.54, 1.807) is 16.9 Å². The summed E-state index contributed by atoms with van der Waals surface area (Å²) in [6.07, 6.45) is 3.53. The molecule has 84 valence electrons. The molecule has 6 heteroatoms. The van der Waals surface area contributed by atoms with Gasteiger partial charge in [0.15, 0.2) is 5.82 Å². The Hall–Kier alpha value is -1.43. The Morgan fingerprint density at radius 3 is 2.69 bits per heavy atom. The SMILES string of the molecule is CC(C)c1nc(N)cc(-n2cc(Br)cn2)n1. The Morgan fingerprint density at radius 1 is 1.38 bits per heavy atom. The normalized spacial score (nSPS) is 11.0. The van der Waals surface area contributed by atoms with Crippen molar-refractivity contribution in [3.05, 3.63) is 28.8 Å². The number of anilines is 1. The van der Waals surface area contributed by atoms with Gasteiger partial charge in [0, 0.05) is 18.2 Å². The molecule has 0 saturated heterocycles. The molecule has 2 heterocycles. The summed E-state index contributed by atoms with van der Waals surface area (Å²) >= 11 is 3.34. The maximum Gasteiger partial charge on any atom is 0.159 e. The minimum Gasteiger partial charge on any atom is -0.384 e. The van der Waals surface area contributed by atoms with Gasteiger partial charge in [-0.3, -0.25) is 0 Å². The van der Waals surface area contributed by atoms with Crippen molar-refractivity contribution in [2.24, 2.45) is 0 Å². The van der Waals surface area contributed by atoms with Crippen molar-refractivity contribution in [3.63, 3.8) is 0 Å². The topological polar surface area (TPSA) is 69.6 Å². The van der Waals surface area contributed by atoms with Gasteiger partial charge < -0.3 is 5.73 Å². The van der Waals surface area contributed by atoms with Gasteiger partial charge in [-0.05, 0) is 15.9 Å². The number of nitrogen functional groups attached to an aromatic ring is 1. The van der Waals surface area contributed by atoms with Crippen molar-refractivity contribution in [1.82, 2.24) is 19.7 Å². The van der Waals surface area contributed by atoms with E-state index in [2.05, 4.69) is 31.0 Å². The van der Waals surface area contributed by atoms with Crippen molar-refractivity contribution in [2.45, 2.75) is 19.8 Å². The van der Waals surface area contributed by atoms with E-state index < -0.39 is 0 Å². The first-order valence-corrected chi connectivity index (χ1v) is 5.70. The number of halogens is 1. The molecular weight excluding hydrogens is 270 g/mol. The molecule has 0 saturated carbocycles. The second-order valence-corrected chi connectivity index (χ2v) is 4.68. The summed E-state index contributed by atoms with van der Waals surface area (Å²) in [7, 11) is 0. The zero-order valence-corrected chi connectivity index (χ0v) is 10.6. The number of nitrogens with two attached hydrogens (primary N) is 1. The number of hydrogen-bond acceptors (Lipinski definition) is 4. The standard InChI is InChI=1S/C10H12BrN5/c1-6(2)10-14-8(12)3-9(15-10)16-5-7(11)4-13-16/h3-6H,1-2H3,(H2,12,14,15). The molecule has 0 amide bonds.